The number of aromatic nitrogens is 4. The van der Waals surface area contributed by atoms with Crippen molar-refractivity contribution in [3.8, 4) is 22.4 Å². The van der Waals surface area contributed by atoms with Gasteiger partial charge in [0.25, 0.3) is 0 Å². The highest BCUT2D eigenvalue weighted by atomic mass is 35.5. The number of anilines is 1. The van der Waals surface area contributed by atoms with Gasteiger partial charge in [-0.15, -0.1) is 0 Å². The lowest BCUT2D eigenvalue weighted by Gasteiger charge is -2.10. The lowest BCUT2D eigenvalue weighted by atomic mass is 10.0. The van der Waals surface area contributed by atoms with Crippen LogP contribution in [0.5, 0.6) is 0 Å². The summed E-state index contributed by atoms with van der Waals surface area (Å²) < 4.78 is 25.0. The second-order valence-electron chi connectivity index (χ2n) is 7.33. The molecule has 9 nitrogen and oxygen atoms in total. The Morgan fingerprint density at radius 1 is 1.06 bits per heavy atom. The lowest BCUT2D eigenvalue weighted by molar-refractivity contribution is 0.598. The molecule has 4 rings (SSSR count). The summed E-state index contributed by atoms with van der Waals surface area (Å²) in [6.07, 6.45) is 2.57. The van der Waals surface area contributed by atoms with Crippen LogP contribution in [0.1, 0.15) is 6.42 Å². The van der Waals surface area contributed by atoms with E-state index in [-0.39, 0.29) is 14.9 Å². The molecule has 0 radical (unpaired) electrons. The van der Waals surface area contributed by atoms with Crippen molar-refractivity contribution < 1.29 is 8.42 Å². The molecule has 0 aliphatic heterocycles. The molecule has 5 N–H and O–H groups in total. The van der Waals surface area contributed by atoms with E-state index in [9.17, 15) is 8.42 Å². The first-order valence-corrected chi connectivity index (χ1v) is 12.3. The Bertz CT molecular complexity index is 1440. The van der Waals surface area contributed by atoms with Crippen LogP contribution in [0.3, 0.4) is 0 Å². The molecule has 2 aromatic carbocycles. The van der Waals surface area contributed by atoms with Crippen LogP contribution in [0.4, 0.5) is 5.95 Å². The van der Waals surface area contributed by atoms with Gasteiger partial charge in [0, 0.05) is 30.9 Å². The summed E-state index contributed by atoms with van der Waals surface area (Å²) in [5.74, 6) is 0.523. The van der Waals surface area contributed by atoms with Crippen molar-refractivity contribution in [1.82, 2.24) is 19.7 Å². The molecular formula is C21H21Cl2N7O2S. The third-order valence-electron chi connectivity index (χ3n) is 5.07. The Morgan fingerprint density at radius 2 is 1.76 bits per heavy atom. The minimum Gasteiger partial charge on any atom is -0.354 e. The summed E-state index contributed by atoms with van der Waals surface area (Å²) in [5, 5.41) is 13.8. The molecule has 0 aliphatic carbocycles. The smallest absolute Gasteiger partial charge is 0.239 e. The SMILES string of the molecule is Cn1nc(-c2ccc(-c3ccc(S(N)(=O)=O)c(Cl)c3Cl)cc2)c2cnc(NCCCN)nc21. The van der Waals surface area contributed by atoms with Crippen LogP contribution >= 0.6 is 23.2 Å². The lowest BCUT2D eigenvalue weighted by Crippen LogP contribution is -2.12. The Balaban J connectivity index is 1.67. The Hall–Kier alpha value is -2.76. The van der Waals surface area contributed by atoms with Crippen molar-refractivity contribution in [2.75, 3.05) is 18.4 Å². The van der Waals surface area contributed by atoms with Crippen LogP contribution < -0.4 is 16.2 Å². The number of halogens is 2. The van der Waals surface area contributed by atoms with Crippen LogP contribution in [-0.4, -0.2) is 41.3 Å². The first kappa shape index (κ1) is 23.4. The maximum atomic E-state index is 11.7. The summed E-state index contributed by atoms with van der Waals surface area (Å²) in [6, 6.07) is 10.4. The number of hydrogen-bond donors (Lipinski definition) is 3. The molecular weight excluding hydrogens is 485 g/mol. The van der Waals surface area contributed by atoms with Crippen molar-refractivity contribution in [1.29, 1.82) is 0 Å². The van der Waals surface area contributed by atoms with Crippen molar-refractivity contribution in [2.24, 2.45) is 17.9 Å². The predicted molar refractivity (Wildman–Crippen MR) is 131 cm³/mol. The van der Waals surface area contributed by atoms with Crippen molar-refractivity contribution in [3.63, 3.8) is 0 Å². The monoisotopic (exact) mass is 505 g/mol. The number of nitrogens with one attached hydrogen (secondary N) is 1. The zero-order valence-corrected chi connectivity index (χ0v) is 19.9. The molecule has 0 amide bonds. The van der Waals surface area contributed by atoms with E-state index in [0.29, 0.717) is 30.2 Å². The third-order valence-corrected chi connectivity index (χ3v) is 7.01. The van der Waals surface area contributed by atoms with Crippen molar-refractivity contribution in [2.45, 2.75) is 11.3 Å². The Labute approximate surface area is 200 Å². The zero-order chi connectivity index (χ0) is 23.8. The number of hydrogen-bond acceptors (Lipinski definition) is 7. The van der Waals surface area contributed by atoms with Gasteiger partial charge in [0.1, 0.15) is 10.6 Å². The van der Waals surface area contributed by atoms with Gasteiger partial charge in [-0.1, -0.05) is 53.5 Å². The Morgan fingerprint density at radius 3 is 2.42 bits per heavy atom. The first-order chi connectivity index (χ1) is 15.7. The van der Waals surface area contributed by atoms with E-state index in [0.717, 1.165) is 28.6 Å². The summed E-state index contributed by atoms with van der Waals surface area (Å²) in [5.41, 5.74) is 9.17. The average Bonchev–Trinajstić information content (AvgIpc) is 3.11. The molecule has 0 bridgehead atoms. The molecule has 0 unspecified atom stereocenters. The maximum absolute atomic E-state index is 11.7. The van der Waals surface area contributed by atoms with Crippen molar-refractivity contribution in [3.05, 3.63) is 52.6 Å². The van der Waals surface area contributed by atoms with Crippen LogP contribution in [-0.2, 0) is 17.1 Å². The Kier molecular flexibility index (Phi) is 6.55. The summed E-state index contributed by atoms with van der Waals surface area (Å²) >= 11 is 12.5. The molecule has 12 heteroatoms. The van der Waals surface area contributed by atoms with E-state index in [1.165, 1.54) is 6.07 Å². The number of sulfonamides is 1. The second kappa shape index (κ2) is 9.24. The number of nitrogens with zero attached hydrogens (tertiary/aromatic N) is 4. The molecule has 2 aromatic heterocycles. The van der Waals surface area contributed by atoms with Crippen LogP contribution in [0.15, 0.2) is 47.5 Å². The fourth-order valence-corrected chi connectivity index (χ4v) is 4.85. The number of primary sulfonamides is 1. The van der Waals surface area contributed by atoms with Gasteiger partial charge in [0.2, 0.25) is 16.0 Å². The molecule has 0 aliphatic rings. The van der Waals surface area contributed by atoms with Gasteiger partial charge < -0.3 is 11.1 Å². The highest BCUT2D eigenvalue weighted by Crippen LogP contribution is 2.38. The number of benzene rings is 2. The van der Waals surface area contributed by atoms with E-state index < -0.39 is 10.0 Å². The predicted octanol–water partition coefficient (Wildman–Crippen LogP) is 3.41. The molecule has 172 valence electrons. The van der Waals surface area contributed by atoms with Gasteiger partial charge in [0.15, 0.2) is 5.65 Å². The maximum Gasteiger partial charge on any atom is 0.239 e. The van der Waals surface area contributed by atoms with Crippen LogP contribution in [0, 0.1) is 0 Å². The van der Waals surface area contributed by atoms with Crippen molar-refractivity contribution >= 4 is 50.2 Å². The van der Waals surface area contributed by atoms with Gasteiger partial charge >= 0.3 is 0 Å². The van der Waals surface area contributed by atoms with Gasteiger partial charge in [-0.2, -0.15) is 10.1 Å². The molecule has 33 heavy (non-hydrogen) atoms. The molecule has 2 heterocycles. The fraction of sp³-hybridized carbons (Fsp3) is 0.190. The molecule has 4 aromatic rings. The fourth-order valence-electron chi connectivity index (χ4n) is 3.42. The van der Waals surface area contributed by atoms with E-state index in [2.05, 4.69) is 20.4 Å². The van der Waals surface area contributed by atoms with E-state index in [1.54, 1.807) is 16.9 Å². The number of nitrogens with two attached hydrogens (primary N) is 2. The van der Waals surface area contributed by atoms with Gasteiger partial charge in [-0.05, 0) is 24.6 Å². The number of aryl methyl sites for hydroxylation is 1. The molecule has 0 spiro atoms. The van der Waals surface area contributed by atoms with E-state index in [4.69, 9.17) is 34.1 Å². The minimum absolute atomic E-state index is 0.107. The highest BCUT2D eigenvalue weighted by Gasteiger charge is 2.19. The van der Waals surface area contributed by atoms with Gasteiger partial charge in [-0.3, -0.25) is 0 Å². The number of fused-ring (bicyclic) bond motifs is 1. The molecule has 0 atom stereocenters. The third kappa shape index (κ3) is 4.66. The molecule has 0 fully saturated rings. The van der Waals surface area contributed by atoms with Crippen LogP contribution in [0.2, 0.25) is 10.0 Å². The zero-order valence-electron chi connectivity index (χ0n) is 17.6. The van der Waals surface area contributed by atoms with E-state index in [1.807, 2.05) is 31.3 Å². The summed E-state index contributed by atoms with van der Waals surface area (Å²) in [6.45, 7) is 1.29. The molecule has 0 saturated heterocycles. The highest BCUT2D eigenvalue weighted by molar-refractivity contribution is 7.89. The number of rotatable bonds is 7. The normalized spacial score (nSPS) is 11.8. The molecule has 0 saturated carbocycles. The van der Waals surface area contributed by atoms with Gasteiger partial charge in [-0.25, -0.2) is 23.2 Å². The largest absolute Gasteiger partial charge is 0.354 e. The van der Waals surface area contributed by atoms with Crippen LogP contribution in [0.25, 0.3) is 33.4 Å². The summed E-state index contributed by atoms with van der Waals surface area (Å²) in [4.78, 5) is 8.72. The van der Waals surface area contributed by atoms with Gasteiger partial charge in [0.05, 0.1) is 15.4 Å². The summed E-state index contributed by atoms with van der Waals surface area (Å²) in [7, 11) is -2.15. The standard InChI is InChI=1S/C21H21Cl2N7O2S/c1-30-20-15(11-27-21(28-20)26-10-2-9-24)19(29-30)13-5-3-12(4-6-13)14-7-8-16(33(25,31)32)18(23)17(14)22/h3-8,11H,2,9-10,24H2,1H3,(H2,25,31,32)(H,26,27,28). The minimum atomic E-state index is -3.97. The second-order valence-corrected chi connectivity index (χ2v) is 9.62. The topological polar surface area (TPSA) is 142 Å². The average molecular weight is 506 g/mol. The quantitative estimate of drug-likeness (QED) is 0.326. The van der Waals surface area contributed by atoms with E-state index >= 15 is 0 Å². The first-order valence-electron chi connectivity index (χ1n) is 9.96.